The lowest BCUT2D eigenvalue weighted by Crippen LogP contribution is -2.27. The monoisotopic (exact) mass is 241 g/mol. The summed E-state index contributed by atoms with van der Waals surface area (Å²) in [6, 6.07) is 3.17. The van der Waals surface area contributed by atoms with E-state index in [9.17, 15) is 5.11 Å². The summed E-state index contributed by atoms with van der Waals surface area (Å²) in [5.74, 6) is 1.10. The van der Waals surface area contributed by atoms with Crippen molar-refractivity contribution in [3.63, 3.8) is 0 Å². The summed E-state index contributed by atoms with van der Waals surface area (Å²) in [7, 11) is 1.57. The molecular weight excluding hydrogens is 226 g/mol. The molecule has 1 aliphatic rings. The molecule has 0 spiro atoms. The average Bonchev–Trinajstić information content (AvgIpc) is 2.19. The molecule has 1 aromatic carbocycles. The van der Waals surface area contributed by atoms with Crippen molar-refractivity contribution in [2.45, 2.75) is 25.3 Å². The predicted molar refractivity (Wildman–Crippen MR) is 63.9 cm³/mol. The minimum Gasteiger partial charge on any atom is -0.506 e. The zero-order valence-electron chi connectivity index (χ0n) is 9.24. The molecule has 3 nitrogen and oxygen atoms in total. The molecule has 0 heterocycles. The van der Waals surface area contributed by atoms with E-state index in [-0.39, 0.29) is 11.8 Å². The largest absolute Gasteiger partial charge is 0.506 e. The minimum absolute atomic E-state index is 0.0559. The summed E-state index contributed by atoms with van der Waals surface area (Å²) >= 11 is 5.89. The van der Waals surface area contributed by atoms with Crippen LogP contribution in [0.1, 0.15) is 30.9 Å². The highest BCUT2D eigenvalue weighted by atomic mass is 35.5. The molecule has 1 aliphatic carbocycles. The van der Waals surface area contributed by atoms with Crippen LogP contribution in [0.15, 0.2) is 12.1 Å². The van der Waals surface area contributed by atoms with Gasteiger partial charge in [-0.2, -0.15) is 0 Å². The molecule has 1 aromatic rings. The number of hydrogen-bond donors (Lipinski definition) is 2. The topological polar surface area (TPSA) is 55.5 Å². The van der Waals surface area contributed by atoms with E-state index >= 15 is 0 Å². The summed E-state index contributed by atoms with van der Waals surface area (Å²) in [6.07, 6.45) is 3.43. The fraction of sp³-hybridized carbons (Fsp3) is 0.500. The zero-order chi connectivity index (χ0) is 11.7. The lowest BCUT2D eigenvalue weighted by molar-refractivity contribution is 0.255. The summed E-state index contributed by atoms with van der Waals surface area (Å²) in [4.78, 5) is 0. The molecule has 1 fully saturated rings. The number of hydrogen-bond acceptors (Lipinski definition) is 3. The van der Waals surface area contributed by atoms with E-state index in [1.54, 1.807) is 19.2 Å². The molecule has 0 bridgehead atoms. The normalized spacial score (nSPS) is 17.9. The summed E-state index contributed by atoms with van der Waals surface area (Å²) < 4.78 is 5.22. The van der Waals surface area contributed by atoms with Crippen LogP contribution in [0.4, 0.5) is 0 Å². The number of benzene rings is 1. The SMILES string of the molecule is COc1ccc(Cl)c(O)c1[C@H](N)C1CCC1. The fourth-order valence-electron chi connectivity index (χ4n) is 2.10. The average molecular weight is 242 g/mol. The molecule has 3 N–H and O–H groups in total. The number of phenolic OH excluding ortho intramolecular Hbond substituents is 1. The molecular formula is C12H16ClNO2. The highest BCUT2D eigenvalue weighted by Crippen LogP contribution is 2.44. The van der Waals surface area contributed by atoms with Gasteiger partial charge in [0.2, 0.25) is 0 Å². The Bertz CT molecular complexity index is 391. The van der Waals surface area contributed by atoms with Gasteiger partial charge in [0.25, 0.3) is 0 Å². The Kier molecular flexibility index (Phi) is 3.26. The van der Waals surface area contributed by atoms with Crippen LogP contribution in [0.3, 0.4) is 0 Å². The maximum absolute atomic E-state index is 9.96. The Labute approximate surface area is 100 Å². The number of rotatable bonds is 3. The van der Waals surface area contributed by atoms with Gasteiger partial charge in [-0.05, 0) is 30.9 Å². The van der Waals surface area contributed by atoms with Gasteiger partial charge in [0.05, 0.1) is 17.7 Å². The molecule has 2 rings (SSSR count). The van der Waals surface area contributed by atoms with Crippen LogP contribution in [0.5, 0.6) is 11.5 Å². The molecule has 1 saturated carbocycles. The molecule has 0 unspecified atom stereocenters. The van der Waals surface area contributed by atoms with Gasteiger partial charge in [-0.25, -0.2) is 0 Å². The number of halogens is 1. The van der Waals surface area contributed by atoms with Gasteiger partial charge in [0.1, 0.15) is 11.5 Å². The number of ether oxygens (including phenoxy) is 1. The summed E-state index contributed by atoms with van der Waals surface area (Å²) in [5, 5.41) is 10.3. The van der Waals surface area contributed by atoms with E-state index in [0.29, 0.717) is 22.3 Å². The van der Waals surface area contributed by atoms with Gasteiger partial charge in [0.15, 0.2) is 0 Å². The van der Waals surface area contributed by atoms with Crippen LogP contribution in [0.2, 0.25) is 5.02 Å². The van der Waals surface area contributed by atoms with E-state index in [1.165, 1.54) is 6.42 Å². The molecule has 0 radical (unpaired) electrons. The van der Waals surface area contributed by atoms with Gasteiger partial charge in [-0.3, -0.25) is 0 Å². The molecule has 0 aliphatic heterocycles. The first-order valence-corrected chi connectivity index (χ1v) is 5.84. The third kappa shape index (κ3) is 1.85. The summed E-state index contributed by atoms with van der Waals surface area (Å²) in [6.45, 7) is 0. The van der Waals surface area contributed by atoms with Crippen LogP contribution in [0, 0.1) is 5.92 Å². The Morgan fingerprint density at radius 2 is 2.19 bits per heavy atom. The van der Waals surface area contributed by atoms with E-state index < -0.39 is 0 Å². The highest BCUT2D eigenvalue weighted by molar-refractivity contribution is 6.32. The first-order chi connectivity index (χ1) is 7.65. The third-order valence-electron chi connectivity index (χ3n) is 3.34. The first-order valence-electron chi connectivity index (χ1n) is 5.46. The third-order valence-corrected chi connectivity index (χ3v) is 3.64. The molecule has 4 heteroatoms. The number of methoxy groups -OCH3 is 1. The minimum atomic E-state index is -0.192. The summed E-state index contributed by atoms with van der Waals surface area (Å²) in [5.41, 5.74) is 6.79. The van der Waals surface area contributed by atoms with Crippen molar-refractivity contribution in [1.29, 1.82) is 0 Å². The standard InChI is InChI=1S/C12H16ClNO2/c1-16-9-6-5-8(13)12(15)10(9)11(14)7-3-2-4-7/h5-7,11,15H,2-4,14H2,1H3/t11-/m1/s1. The van der Waals surface area contributed by atoms with Crippen molar-refractivity contribution in [1.82, 2.24) is 0 Å². The number of nitrogens with two attached hydrogens (primary N) is 1. The van der Waals surface area contributed by atoms with Crippen molar-refractivity contribution >= 4 is 11.6 Å². The zero-order valence-corrected chi connectivity index (χ0v) is 10.00. The maximum atomic E-state index is 9.96. The smallest absolute Gasteiger partial charge is 0.142 e. The molecule has 1 atom stereocenters. The van der Waals surface area contributed by atoms with Gasteiger partial charge < -0.3 is 15.6 Å². The van der Waals surface area contributed by atoms with E-state index in [0.717, 1.165) is 12.8 Å². The molecule has 0 aromatic heterocycles. The number of aromatic hydroxyl groups is 1. The van der Waals surface area contributed by atoms with Crippen LogP contribution < -0.4 is 10.5 Å². The van der Waals surface area contributed by atoms with Crippen molar-refractivity contribution in [3.05, 3.63) is 22.7 Å². The second kappa shape index (κ2) is 4.52. The van der Waals surface area contributed by atoms with Gasteiger partial charge >= 0.3 is 0 Å². The lowest BCUT2D eigenvalue weighted by atomic mass is 9.77. The Balaban J connectivity index is 2.39. The Hall–Kier alpha value is -0.930. The van der Waals surface area contributed by atoms with Gasteiger partial charge in [-0.15, -0.1) is 0 Å². The Morgan fingerprint density at radius 3 is 2.69 bits per heavy atom. The molecule has 0 saturated heterocycles. The van der Waals surface area contributed by atoms with Gasteiger partial charge in [0, 0.05) is 6.04 Å². The van der Waals surface area contributed by atoms with Crippen molar-refractivity contribution in [2.75, 3.05) is 7.11 Å². The fourth-order valence-corrected chi connectivity index (χ4v) is 2.26. The van der Waals surface area contributed by atoms with Gasteiger partial charge in [-0.1, -0.05) is 18.0 Å². The van der Waals surface area contributed by atoms with E-state index in [4.69, 9.17) is 22.1 Å². The second-order valence-corrected chi connectivity index (χ2v) is 4.64. The van der Waals surface area contributed by atoms with Crippen LogP contribution in [-0.2, 0) is 0 Å². The lowest BCUT2D eigenvalue weighted by Gasteiger charge is -2.32. The maximum Gasteiger partial charge on any atom is 0.142 e. The van der Waals surface area contributed by atoms with Crippen LogP contribution in [-0.4, -0.2) is 12.2 Å². The predicted octanol–water partition coefficient (Wildman–Crippen LogP) is 2.85. The van der Waals surface area contributed by atoms with Crippen molar-refractivity contribution in [3.8, 4) is 11.5 Å². The Morgan fingerprint density at radius 1 is 1.50 bits per heavy atom. The van der Waals surface area contributed by atoms with E-state index in [2.05, 4.69) is 0 Å². The molecule has 0 amide bonds. The molecule has 88 valence electrons. The van der Waals surface area contributed by atoms with Crippen molar-refractivity contribution < 1.29 is 9.84 Å². The first kappa shape index (κ1) is 11.6. The second-order valence-electron chi connectivity index (χ2n) is 4.23. The van der Waals surface area contributed by atoms with Crippen LogP contribution in [0.25, 0.3) is 0 Å². The molecule has 16 heavy (non-hydrogen) atoms. The van der Waals surface area contributed by atoms with E-state index in [1.807, 2.05) is 0 Å². The highest BCUT2D eigenvalue weighted by Gasteiger charge is 2.30. The number of phenols is 1. The quantitative estimate of drug-likeness (QED) is 0.856. The van der Waals surface area contributed by atoms with Crippen LogP contribution >= 0.6 is 11.6 Å². The van der Waals surface area contributed by atoms with Crippen molar-refractivity contribution in [2.24, 2.45) is 11.7 Å².